The van der Waals surface area contributed by atoms with Gasteiger partial charge in [-0.05, 0) is 112 Å². The van der Waals surface area contributed by atoms with Crippen LogP contribution >= 0.6 is 0 Å². The fraction of sp³-hybridized carbons (Fsp3) is 0. The molecule has 11 rings (SSSR count). The summed E-state index contributed by atoms with van der Waals surface area (Å²) in [6.07, 6.45) is 0. The average Bonchev–Trinajstić information content (AvgIpc) is 3.78. The zero-order valence-corrected chi connectivity index (χ0v) is 29.9. The Morgan fingerprint density at radius 2 is 0.964 bits per heavy atom. The molecule has 0 spiro atoms. The highest BCUT2D eigenvalue weighted by atomic mass is 16.3. The van der Waals surface area contributed by atoms with Crippen molar-refractivity contribution in [3.63, 3.8) is 0 Å². The highest BCUT2D eigenvalue weighted by molar-refractivity contribution is 6.11. The fourth-order valence-corrected chi connectivity index (χ4v) is 8.31. The van der Waals surface area contributed by atoms with Crippen molar-refractivity contribution in [1.29, 1.82) is 0 Å². The summed E-state index contributed by atoms with van der Waals surface area (Å²) in [6.45, 7) is 0. The van der Waals surface area contributed by atoms with E-state index in [2.05, 4.69) is 204 Å². The fourth-order valence-electron chi connectivity index (χ4n) is 8.31. The van der Waals surface area contributed by atoms with E-state index in [1.54, 1.807) is 0 Å². The van der Waals surface area contributed by atoms with Crippen LogP contribution in [0.4, 0.5) is 17.1 Å². The normalized spacial score (nSPS) is 11.6. The molecule has 0 amide bonds. The van der Waals surface area contributed by atoms with Gasteiger partial charge in [-0.1, -0.05) is 127 Å². The van der Waals surface area contributed by atoms with E-state index in [4.69, 9.17) is 4.42 Å². The van der Waals surface area contributed by atoms with E-state index in [9.17, 15) is 0 Å². The maximum absolute atomic E-state index is 6.18. The molecular formula is C52H34N2O. The van der Waals surface area contributed by atoms with E-state index in [0.717, 1.165) is 44.7 Å². The topological polar surface area (TPSA) is 21.3 Å². The predicted octanol–water partition coefficient (Wildman–Crippen LogP) is 14.6. The molecule has 0 saturated heterocycles. The third-order valence-electron chi connectivity index (χ3n) is 10.9. The molecule has 3 heteroatoms. The molecule has 2 aromatic heterocycles. The molecule has 0 fully saturated rings. The van der Waals surface area contributed by atoms with Crippen molar-refractivity contribution in [1.82, 2.24) is 4.57 Å². The van der Waals surface area contributed by atoms with Gasteiger partial charge in [-0.3, -0.25) is 0 Å². The van der Waals surface area contributed by atoms with Crippen molar-refractivity contribution in [2.45, 2.75) is 0 Å². The van der Waals surface area contributed by atoms with E-state index in [1.807, 2.05) is 12.1 Å². The SMILES string of the molecule is c1ccc(-c2cccc(N(c3ccc(-c4ccc5cc6oc7ccccc7c6cc5c4)cc3)c3ccc4c5ccccc5n(-c5ccccc5)c4c3)c2)cc1. The summed E-state index contributed by atoms with van der Waals surface area (Å²) < 4.78 is 8.56. The summed E-state index contributed by atoms with van der Waals surface area (Å²) >= 11 is 0. The Balaban J connectivity index is 1.05. The zero-order chi connectivity index (χ0) is 36.3. The quantitative estimate of drug-likeness (QED) is 0.172. The Morgan fingerprint density at radius 1 is 0.327 bits per heavy atom. The van der Waals surface area contributed by atoms with Crippen molar-refractivity contribution < 1.29 is 4.42 Å². The lowest BCUT2D eigenvalue weighted by atomic mass is 9.99. The average molecular weight is 703 g/mol. The predicted molar refractivity (Wildman–Crippen MR) is 231 cm³/mol. The van der Waals surface area contributed by atoms with Crippen LogP contribution < -0.4 is 4.90 Å². The van der Waals surface area contributed by atoms with Gasteiger partial charge in [0.25, 0.3) is 0 Å². The van der Waals surface area contributed by atoms with Gasteiger partial charge in [-0.15, -0.1) is 0 Å². The summed E-state index contributed by atoms with van der Waals surface area (Å²) in [7, 11) is 0. The first-order chi connectivity index (χ1) is 27.2. The second-order valence-corrected chi connectivity index (χ2v) is 14.2. The molecule has 258 valence electrons. The number of rotatable bonds is 6. The number of hydrogen-bond acceptors (Lipinski definition) is 2. The van der Waals surface area contributed by atoms with Crippen LogP contribution in [0.5, 0.6) is 0 Å². The Hall–Kier alpha value is -7.36. The van der Waals surface area contributed by atoms with Gasteiger partial charge in [0.15, 0.2) is 0 Å². The van der Waals surface area contributed by atoms with Crippen LogP contribution in [0.15, 0.2) is 211 Å². The van der Waals surface area contributed by atoms with E-state index >= 15 is 0 Å². The van der Waals surface area contributed by atoms with Crippen molar-refractivity contribution >= 4 is 71.6 Å². The van der Waals surface area contributed by atoms with Crippen molar-refractivity contribution in [2.75, 3.05) is 4.90 Å². The molecule has 3 nitrogen and oxygen atoms in total. The van der Waals surface area contributed by atoms with Crippen LogP contribution in [0, 0.1) is 0 Å². The monoisotopic (exact) mass is 702 g/mol. The van der Waals surface area contributed by atoms with E-state index < -0.39 is 0 Å². The van der Waals surface area contributed by atoms with Crippen LogP contribution in [-0.2, 0) is 0 Å². The Morgan fingerprint density at radius 3 is 1.82 bits per heavy atom. The molecule has 11 aromatic rings. The molecule has 0 aliphatic heterocycles. The van der Waals surface area contributed by atoms with Crippen molar-refractivity contribution in [3.8, 4) is 27.9 Å². The number of furan rings is 1. The first kappa shape index (κ1) is 31.2. The highest BCUT2D eigenvalue weighted by Crippen LogP contribution is 2.41. The molecule has 0 aliphatic rings. The molecule has 0 radical (unpaired) electrons. The minimum Gasteiger partial charge on any atom is -0.456 e. The van der Waals surface area contributed by atoms with Gasteiger partial charge in [0.2, 0.25) is 0 Å². The number of aromatic nitrogens is 1. The molecule has 2 heterocycles. The standard InChI is InChI=1S/C52H34N2O/c1-3-12-35(13-4-1)37-14-11-17-43(31-37)53(44-28-29-46-45-18-7-9-20-49(45)54(50(46)34-44)41-15-5-2-6-16-41)42-26-24-36(25-27-42)38-22-23-39-33-52-48(32-40(39)30-38)47-19-8-10-21-51(47)55-52/h1-34H. The van der Waals surface area contributed by atoms with Crippen LogP contribution in [0.1, 0.15) is 0 Å². The van der Waals surface area contributed by atoms with Crippen molar-refractivity contribution in [3.05, 3.63) is 206 Å². The molecule has 0 aliphatic carbocycles. The molecule has 0 saturated carbocycles. The Bertz CT molecular complexity index is 3190. The number of anilines is 3. The number of hydrogen-bond donors (Lipinski definition) is 0. The summed E-state index contributed by atoms with van der Waals surface area (Å²) in [5.74, 6) is 0. The largest absolute Gasteiger partial charge is 0.456 e. The first-order valence-electron chi connectivity index (χ1n) is 18.7. The van der Waals surface area contributed by atoms with E-state index in [1.165, 1.54) is 54.8 Å². The maximum Gasteiger partial charge on any atom is 0.136 e. The van der Waals surface area contributed by atoms with Gasteiger partial charge in [0, 0.05) is 44.3 Å². The van der Waals surface area contributed by atoms with Crippen LogP contribution in [-0.4, -0.2) is 4.57 Å². The lowest BCUT2D eigenvalue weighted by Gasteiger charge is -2.26. The second kappa shape index (κ2) is 12.6. The first-order valence-corrected chi connectivity index (χ1v) is 18.7. The van der Waals surface area contributed by atoms with Gasteiger partial charge in [-0.2, -0.15) is 0 Å². The van der Waals surface area contributed by atoms with E-state index in [-0.39, 0.29) is 0 Å². The molecule has 55 heavy (non-hydrogen) atoms. The molecule has 0 bridgehead atoms. The van der Waals surface area contributed by atoms with Gasteiger partial charge in [0.1, 0.15) is 11.2 Å². The molecule has 0 N–H and O–H groups in total. The van der Waals surface area contributed by atoms with Crippen LogP contribution in [0.3, 0.4) is 0 Å². The number of nitrogens with zero attached hydrogens (tertiary/aromatic N) is 2. The second-order valence-electron chi connectivity index (χ2n) is 14.2. The third kappa shape index (κ3) is 5.28. The summed E-state index contributed by atoms with van der Waals surface area (Å²) in [4.78, 5) is 2.38. The third-order valence-corrected chi connectivity index (χ3v) is 10.9. The van der Waals surface area contributed by atoms with Gasteiger partial charge < -0.3 is 13.9 Å². The van der Waals surface area contributed by atoms with Crippen LogP contribution in [0.2, 0.25) is 0 Å². The smallest absolute Gasteiger partial charge is 0.136 e. The van der Waals surface area contributed by atoms with Crippen LogP contribution in [0.25, 0.3) is 82.5 Å². The molecule has 9 aromatic carbocycles. The molecular weight excluding hydrogens is 669 g/mol. The number of para-hydroxylation sites is 3. The minimum atomic E-state index is 0.920. The lowest BCUT2D eigenvalue weighted by Crippen LogP contribution is -2.10. The number of fused-ring (bicyclic) bond motifs is 7. The minimum absolute atomic E-state index is 0.920. The lowest BCUT2D eigenvalue weighted by molar-refractivity contribution is 0.669. The molecule has 0 unspecified atom stereocenters. The van der Waals surface area contributed by atoms with Crippen molar-refractivity contribution in [2.24, 2.45) is 0 Å². The number of benzene rings is 9. The van der Waals surface area contributed by atoms with Gasteiger partial charge in [-0.25, -0.2) is 0 Å². The van der Waals surface area contributed by atoms with Gasteiger partial charge >= 0.3 is 0 Å². The summed E-state index contributed by atoms with van der Waals surface area (Å²) in [5, 5.41) is 7.13. The van der Waals surface area contributed by atoms with Gasteiger partial charge in [0.05, 0.1) is 11.0 Å². The zero-order valence-electron chi connectivity index (χ0n) is 29.9. The molecule has 0 atom stereocenters. The Kier molecular flexibility index (Phi) is 7.17. The van der Waals surface area contributed by atoms with E-state index in [0.29, 0.717) is 0 Å². The summed E-state index contributed by atoms with van der Waals surface area (Å²) in [6, 6.07) is 74.1. The summed E-state index contributed by atoms with van der Waals surface area (Å²) in [5.41, 5.74) is 13.3. The Labute approximate surface area is 318 Å². The maximum atomic E-state index is 6.18. The highest BCUT2D eigenvalue weighted by Gasteiger charge is 2.18.